The van der Waals surface area contributed by atoms with Crippen LogP contribution in [-0.2, 0) is 10.0 Å². The third-order valence-electron chi connectivity index (χ3n) is 3.69. The Morgan fingerprint density at radius 2 is 2.11 bits per heavy atom. The molecule has 1 aliphatic rings. The van der Waals surface area contributed by atoms with Crippen LogP contribution in [0.1, 0.15) is 31.6 Å². The van der Waals surface area contributed by atoms with Gasteiger partial charge in [-0.3, -0.25) is 0 Å². The SMILES string of the molecule is CCC1CN(S(=O)(=O)c2ccc(C)s2)C(CC)CN1. The van der Waals surface area contributed by atoms with Crippen molar-refractivity contribution in [2.24, 2.45) is 0 Å². The molecule has 0 saturated carbocycles. The maximum absolute atomic E-state index is 12.7. The Bertz CT molecular complexity index is 525. The van der Waals surface area contributed by atoms with Gasteiger partial charge in [-0.15, -0.1) is 11.3 Å². The van der Waals surface area contributed by atoms with E-state index in [4.69, 9.17) is 0 Å². The molecular formula is C13H22N2O2S2. The molecule has 0 spiro atoms. The molecule has 4 nitrogen and oxygen atoms in total. The van der Waals surface area contributed by atoms with Gasteiger partial charge in [-0.05, 0) is 31.9 Å². The van der Waals surface area contributed by atoms with Crippen LogP contribution in [0.15, 0.2) is 16.3 Å². The highest BCUT2D eigenvalue weighted by Crippen LogP contribution is 2.27. The molecule has 0 amide bonds. The first-order valence-corrected chi connectivity index (χ1v) is 9.06. The van der Waals surface area contributed by atoms with Crippen molar-refractivity contribution in [1.82, 2.24) is 9.62 Å². The lowest BCUT2D eigenvalue weighted by molar-refractivity contribution is 0.216. The lowest BCUT2D eigenvalue weighted by Crippen LogP contribution is -2.57. The number of piperazine rings is 1. The van der Waals surface area contributed by atoms with Crippen LogP contribution in [0.5, 0.6) is 0 Å². The predicted octanol–water partition coefficient (Wildman–Crippen LogP) is 2.21. The topological polar surface area (TPSA) is 49.4 Å². The molecule has 1 aliphatic heterocycles. The molecule has 2 rings (SSSR count). The molecule has 1 aromatic rings. The van der Waals surface area contributed by atoms with Crippen molar-refractivity contribution in [2.75, 3.05) is 13.1 Å². The Kier molecular flexibility index (Phi) is 4.66. The largest absolute Gasteiger partial charge is 0.311 e. The number of hydrogen-bond donors (Lipinski definition) is 1. The third-order valence-corrected chi connectivity index (χ3v) is 7.08. The van der Waals surface area contributed by atoms with Crippen LogP contribution < -0.4 is 5.32 Å². The molecule has 2 unspecified atom stereocenters. The second-order valence-corrected chi connectivity index (χ2v) is 8.42. The first-order valence-electron chi connectivity index (χ1n) is 6.80. The van der Waals surface area contributed by atoms with E-state index in [1.807, 2.05) is 19.9 Å². The van der Waals surface area contributed by atoms with Crippen molar-refractivity contribution in [1.29, 1.82) is 0 Å². The van der Waals surface area contributed by atoms with E-state index < -0.39 is 10.0 Å². The zero-order chi connectivity index (χ0) is 14.0. The standard InChI is InChI=1S/C13H22N2O2S2/c1-4-11-9-15(12(5-2)8-14-11)19(16,17)13-7-6-10(3)18-13/h6-7,11-12,14H,4-5,8-9H2,1-3H3. The first-order chi connectivity index (χ1) is 8.98. The van der Waals surface area contributed by atoms with Crippen molar-refractivity contribution < 1.29 is 8.42 Å². The second-order valence-electron chi connectivity index (χ2n) is 5.02. The maximum Gasteiger partial charge on any atom is 0.252 e. The average Bonchev–Trinajstić information content (AvgIpc) is 2.85. The van der Waals surface area contributed by atoms with Crippen molar-refractivity contribution in [2.45, 2.75) is 49.9 Å². The van der Waals surface area contributed by atoms with Gasteiger partial charge in [0.1, 0.15) is 4.21 Å². The summed E-state index contributed by atoms with van der Waals surface area (Å²) >= 11 is 1.36. The van der Waals surface area contributed by atoms with Crippen LogP contribution in [0.25, 0.3) is 0 Å². The smallest absolute Gasteiger partial charge is 0.252 e. The van der Waals surface area contributed by atoms with E-state index in [1.165, 1.54) is 11.3 Å². The highest BCUT2D eigenvalue weighted by molar-refractivity contribution is 7.91. The Morgan fingerprint density at radius 1 is 1.37 bits per heavy atom. The summed E-state index contributed by atoms with van der Waals surface area (Å²) in [5.74, 6) is 0. The highest BCUT2D eigenvalue weighted by atomic mass is 32.2. The Hall–Kier alpha value is -0.430. The summed E-state index contributed by atoms with van der Waals surface area (Å²) in [6.07, 6.45) is 1.79. The molecule has 19 heavy (non-hydrogen) atoms. The van der Waals surface area contributed by atoms with Crippen molar-refractivity contribution in [3.63, 3.8) is 0 Å². The minimum Gasteiger partial charge on any atom is -0.311 e. The molecular weight excluding hydrogens is 280 g/mol. The minimum absolute atomic E-state index is 0.0650. The van der Waals surface area contributed by atoms with E-state index >= 15 is 0 Å². The van der Waals surface area contributed by atoms with Crippen LogP contribution in [0.3, 0.4) is 0 Å². The highest BCUT2D eigenvalue weighted by Gasteiger charge is 2.36. The van der Waals surface area contributed by atoms with Crippen LogP contribution in [0.2, 0.25) is 0 Å². The number of hydrogen-bond acceptors (Lipinski definition) is 4. The van der Waals surface area contributed by atoms with E-state index in [2.05, 4.69) is 12.2 Å². The van der Waals surface area contributed by atoms with Crippen LogP contribution in [0.4, 0.5) is 0 Å². The molecule has 1 N–H and O–H groups in total. The van der Waals surface area contributed by atoms with Gasteiger partial charge in [0.05, 0.1) is 0 Å². The number of rotatable bonds is 4. The molecule has 6 heteroatoms. The van der Waals surface area contributed by atoms with E-state index in [-0.39, 0.29) is 12.1 Å². The zero-order valence-electron chi connectivity index (χ0n) is 11.7. The molecule has 0 aromatic carbocycles. The first kappa shape index (κ1) is 15.0. The molecule has 1 fully saturated rings. The Labute approximate surface area is 119 Å². The number of thiophene rings is 1. The van der Waals surface area contributed by atoms with Gasteiger partial charge in [-0.1, -0.05) is 13.8 Å². The van der Waals surface area contributed by atoms with Gasteiger partial charge in [0.2, 0.25) is 0 Å². The number of sulfonamides is 1. The van der Waals surface area contributed by atoms with Gasteiger partial charge >= 0.3 is 0 Å². The molecule has 2 atom stereocenters. The molecule has 0 aliphatic carbocycles. The van der Waals surface area contributed by atoms with Gasteiger partial charge in [-0.2, -0.15) is 4.31 Å². The van der Waals surface area contributed by atoms with Gasteiger partial charge in [0.25, 0.3) is 10.0 Å². The normalized spacial score (nSPS) is 25.6. The Morgan fingerprint density at radius 3 is 2.63 bits per heavy atom. The van der Waals surface area contributed by atoms with E-state index in [0.717, 1.165) is 24.3 Å². The lowest BCUT2D eigenvalue weighted by atomic mass is 10.1. The summed E-state index contributed by atoms with van der Waals surface area (Å²) < 4.78 is 27.6. The summed E-state index contributed by atoms with van der Waals surface area (Å²) in [7, 11) is -3.33. The molecule has 2 heterocycles. The van der Waals surface area contributed by atoms with E-state index in [0.29, 0.717) is 10.8 Å². The predicted molar refractivity (Wildman–Crippen MR) is 79.1 cm³/mol. The third kappa shape index (κ3) is 3.02. The fourth-order valence-corrected chi connectivity index (χ4v) is 5.57. The number of nitrogens with one attached hydrogen (secondary N) is 1. The van der Waals surface area contributed by atoms with Crippen LogP contribution >= 0.6 is 11.3 Å². The number of aryl methyl sites for hydroxylation is 1. The fraction of sp³-hybridized carbons (Fsp3) is 0.692. The van der Waals surface area contributed by atoms with E-state index in [9.17, 15) is 8.42 Å². The fourth-order valence-electron chi connectivity index (χ4n) is 2.42. The van der Waals surface area contributed by atoms with E-state index in [1.54, 1.807) is 10.4 Å². The summed E-state index contributed by atoms with van der Waals surface area (Å²) in [5, 5.41) is 3.43. The summed E-state index contributed by atoms with van der Waals surface area (Å²) in [5.41, 5.74) is 0. The minimum atomic E-state index is -3.33. The van der Waals surface area contributed by atoms with Crippen LogP contribution in [-0.4, -0.2) is 37.9 Å². The maximum atomic E-state index is 12.7. The average molecular weight is 302 g/mol. The van der Waals surface area contributed by atoms with Crippen molar-refractivity contribution >= 4 is 21.4 Å². The van der Waals surface area contributed by atoms with Gasteiger partial charge in [0, 0.05) is 30.1 Å². The van der Waals surface area contributed by atoms with Gasteiger partial charge < -0.3 is 5.32 Å². The molecule has 0 bridgehead atoms. The molecule has 1 aromatic heterocycles. The summed E-state index contributed by atoms with van der Waals surface area (Å²) in [4.78, 5) is 1.04. The van der Waals surface area contributed by atoms with Crippen molar-refractivity contribution in [3.8, 4) is 0 Å². The Balaban J connectivity index is 2.30. The zero-order valence-corrected chi connectivity index (χ0v) is 13.4. The van der Waals surface area contributed by atoms with Crippen molar-refractivity contribution in [3.05, 3.63) is 17.0 Å². The summed E-state index contributed by atoms with van der Waals surface area (Å²) in [6.45, 7) is 7.39. The molecule has 0 radical (unpaired) electrons. The molecule has 108 valence electrons. The van der Waals surface area contributed by atoms with Crippen LogP contribution in [0, 0.1) is 6.92 Å². The number of nitrogens with zero attached hydrogens (tertiary/aromatic N) is 1. The van der Waals surface area contributed by atoms with Gasteiger partial charge in [0.15, 0.2) is 0 Å². The molecule has 1 saturated heterocycles. The lowest BCUT2D eigenvalue weighted by Gasteiger charge is -2.38. The quantitative estimate of drug-likeness (QED) is 0.927. The van der Waals surface area contributed by atoms with Gasteiger partial charge in [-0.25, -0.2) is 8.42 Å². The monoisotopic (exact) mass is 302 g/mol. The summed E-state index contributed by atoms with van der Waals surface area (Å²) in [6, 6.07) is 3.93. The second kappa shape index (κ2) is 5.91.